The summed E-state index contributed by atoms with van der Waals surface area (Å²) in [5.41, 5.74) is -1.12. The fourth-order valence-corrected chi connectivity index (χ4v) is 2.11. The lowest BCUT2D eigenvalue weighted by atomic mass is 10.1. The maximum atomic E-state index is 12.8. The van der Waals surface area contributed by atoms with Gasteiger partial charge in [0.05, 0.1) is 5.56 Å². The van der Waals surface area contributed by atoms with Crippen LogP contribution >= 0.6 is 0 Å². The van der Waals surface area contributed by atoms with Crippen molar-refractivity contribution in [3.8, 4) is 11.3 Å². The molecule has 0 aliphatic rings. The van der Waals surface area contributed by atoms with Gasteiger partial charge in [-0.3, -0.25) is 4.79 Å². The number of hydrogen-bond donors (Lipinski definition) is 1. The molecule has 2 rings (SSSR count). The minimum atomic E-state index is -4.48. The second-order valence-corrected chi connectivity index (χ2v) is 6.62. The molecule has 0 spiro atoms. The van der Waals surface area contributed by atoms with E-state index in [0.717, 1.165) is 12.1 Å². The van der Waals surface area contributed by atoms with E-state index in [0.29, 0.717) is 0 Å². The first-order chi connectivity index (χ1) is 12.0. The van der Waals surface area contributed by atoms with E-state index >= 15 is 0 Å². The van der Waals surface area contributed by atoms with Crippen LogP contribution in [0.4, 0.5) is 13.2 Å². The number of benzene rings is 1. The third kappa shape index (κ3) is 5.37. The van der Waals surface area contributed by atoms with Crippen molar-refractivity contribution in [1.82, 2.24) is 5.32 Å². The van der Waals surface area contributed by atoms with Gasteiger partial charge in [-0.25, -0.2) is 4.79 Å². The van der Waals surface area contributed by atoms with E-state index in [1.165, 1.54) is 24.3 Å². The van der Waals surface area contributed by atoms with Crippen LogP contribution in [0.3, 0.4) is 0 Å². The molecule has 0 aliphatic carbocycles. The first-order valence-electron chi connectivity index (χ1n) is 7.71. The Balaban J connectivity index is 2.05. The van der Waals surface area contributed by atoms with Gasteiger partial charge in [0.2, 0.25) is 5.76 Å². The molecule has 1 N–H and O–H groups in total. The molecule has 5 nitrogen and oxygen atoms in total. The molecule has 1 amide bonds. The monoisotopic (exact) mass is 369 g/mol. The van der Waals surface area contributed by atoms with Crippen LogP contribution in [0.25, 0.3) is 11.3 Å². The Hall–Kier alpha value is -2.77. The number of carbonyl (C=O) groups excluding carboxylic acids is 2. The maximum absolute atomic E-state index is 12.8. The predicted octanol–water partition coefficient (Wildman–Crippen LogP) is 4.04. The number of nitrogens with one attached hydrogen (secondary N) is 1. The topological polar surface area (TPSA) is 68.5 Å². The van der Waals surface area contributed by atoms with Crippen LogP contribution in [0.5, 0.6) is 0 Å². The van der Waals surface area contributed by atoms with Crippen LogP contribution in [0.2, 0.25) is 0 Å². The van der Waals surface area contributed by atoms with E-state index in [1.54, 1.807) is 20.8 Å². The molecule has 0 saturated carbocycles. The second-order valence-electron chi connectivity index (χ2n) is 6.62. The third-order valence-corrected chi connectivity index (χ3v) is 3.13. The number of amides is 1. The molecule has 1 aromatic carbocycles. The van der Waals surface area contributed by atoms with Crippen molar-refractivity contribution < 1.29 is 31.9 Å². The van der Waals surface area contributed by atoms with Gasteiger partial charge < -0.3 is 14.5 Å². The molecule has 0 unspecified atom stereocenters. The van der Waals surface area contributed by atoms with Gasteiger partial charge >= 0.3 is 12.1 Å². The fourth-order valence-electron chi connectivity index (χ4n) is 2.11. The standard InChI is InChI=1S/C18H18F3NO4/c1-17(2,3)22-15(23)10-25-16(24)14-8-7-13(26-14)11-5-4-6-12(9-11)18(19,20)21/h4-9H,10H2,1-3H3,(H,22,23). The minimum absolute atomic E-state index is 0.0854. The average molecular weight is 369 g/mol. The smallest absolute Gasteiger partial charge is 0.416 e. The molecule has 1 heterocycles. The van der Waals surface area contributed by atoms with E-state index < -0.39 is 35.8 Å². The van der Waals surface area contributed by atoms with Gasteiger partial charge in [-0.1, -0.05) is 12.1 Å². The number of hydrogen-bond acceptors (Lipinski definition) is 4. The van der Waals surface area contributed by atoms with Crippen LogP contribution in [-0.2, 0) is 15.7 Å². The van der Waals surface area contributed by atoms with Crippen molar-refractivity contribution in [3.63, 3.8) is 0 Å². The summed E-state index contributed by atoms with van der Waals surface area (Å²) >= 11 is 0. The molecular formula is C18H18F3NO4. The largest absolute Gasteiger partial charge is 0.450 e. The van der Waals surface area contributed by atoms with Crippen molar-refractivity contribution in [1.29, 1.82) is 0 Å². The molecule has 0 atom stereocenters. The number of esters is 1. The molecule has 0 saturated heterocycles. The lowest BCUT2D eigenvalue weighted by Gasteiger charge is -2.20. The number of carbonyl (C=O) groups is 2. The number of alkyl halides is 3. The van der Waals surface area contributed by atoms with E-state index in [9.17, 15) is 22.8 Å². The van der Waals surface area contributed by atoms with Gasteiger partial charge in [0, 0.05) is 11.1 Å². The maximum Gasteiger partial charge on any atom is 0.416 e. The Morgan fingerprint density at radius 1 is 1.12 bits per heavy atom. The number of ether oxygens (including phenoxy) is 1. The highest BCUT2D eigenvalue weighted by Gasteiger charge is 2.30. The molecule has 0 bridgehead atoms. The molecule has 0 radical (unpaired) electrons. The number of rotatable bonds is 4. The van der Waals surface area contributed by atoms with E-state index in [-0.39, 0.29) is 17.1 Å². The third-order valence-electron chi connectivity index (χ3n) is 3.13. The van der Waals surface area contributed by atoms with Gasteiger partial charge in [0.15, 0.2) is 6.61 Å². The zero-order chi connectivity index (χ0) is 19.5. The van der Waals surface area contributed by atoms with Crippen molar-refractivity contribution in [2.45, 2.75) is 32.5 Å². The second kappa shape index (κ2) is 7.23. The fraction of sp³-hybridized carbons (Fsp3) is 0.333. The highest BCUT2D eigenvalue weighted by atomic mass is 19.4. The highest BCUT2D eigenvalue weighted by molar-refractivity contribution is 5.89. The first-order valence-corrected chi connectivity index (χ1v) is 7.71. The van der Waals surface area contributed by atoms with E-state index in [1.807, 2.05) is 0 Å². The zero-order valence-electron chi connectivity index (χ0n) is 14.4. The van der Waals surface area contributed by atoms with Gasteiger partial charge in [0.1, 0.15) is 5.76 Å². The van der Waals surface area contributed by atoms with E-state index in [4.69, 9.17) is 9.15 Å². The van der Waals surface area contributed by atoms with Crippen molar-refractivity contribution in [2.24, 2.45) is 0 Å². The van der Waals surface area contributed by atoms with Crippen molar-refractivity contribution in [2.75, 3.05) is 6.61 Å². The Morgan fingerprint density at radius 3 is 2.42 bits per heavy atom. The Bertz CT molecular complexity index is 803. The summed E-state index contributed by atoms with van der Waals surface area (Å²) in [5.74, 6) is -1.48. The molecule has 140 valence electrons. The molecule has 0 aliphatic heterocycles. The van der Waals surface area contributed by atoms with Gasteiger partial charge in [-0.15, -0.1) is 0 Å². The lowest BCUT2D eigenvalue weighted by Crippen LogP contribution is -2.42. The van der Waals surface area contributed by atoms with E-state index in [2.05, 4.69) is 5.32 Å². The number of halogens is 3. The molecule has 0 fully saturated rings. The predicted molar refractivity (Wildman–Crippen MR) is 87.3 cm³/mol. The minimum Gasteiger partial charge on any atom is -0.450 e. The van der Waals surface area contributed by atoms with Gasteiger partial charge in [0.25, 0.3) is 5.91 Å². The summed E-state index contributed by atoms with van der Waals surface area (Å²) in [6, 6.07) is 7.18. The Kier molecular flexibility index (Phi) is 5.44. The molecule has 26 heavy (non-hydrogen) atoms. The summed E-state index contributed by atoms with van der Waals surface area (Å²) in [6.07, 6.45) is -4.48. The van der Waals surface area contributed by atoms with Crippen LogP contribution in [-0.4, -0.2) is 24.0 Å². The molecule has 2 aromatic rings. The number of furan rings is 1. The average Bonchev–Trinajstić information content (AvgIpc) is 3.00. The molecule has 1 aromatic heterocycles. The van der Waals surface area contributed by atoms with Crippen LogP contribution < -0.4 is 5.32 Å². The zero-order valence-corrected chi connectivity index (χ0v) is 14.4. The Labute approximate surface area is 148 Å². The summed E-state index contributed by atoms with van der Waals surface area (Å²) in [5, 5.41) is 2.62. The normalized spacial score (nSPS) is 11.9. The molecule has 8 heteroatoms. The SMILES string of the molecule is CC(C)(C)NC(=O)COC(=O)c1ccc(-c2cccc(C(F)(F)F)c2)o1. The van der Waals surface area contributed by atoms with Crippen LogP contribution in [0.15, 0.2) is 40.8 Å². The van der Waals surface area contributed by atoms with Crippen LogP contribution in [0.1, 0.15) is 36.9 Å². The van der Waals surface area contributed by atoms with Crippen molar-refractivity contribution >= 4 is 11.9 Å². The summed E-state index contributed by atoms with van der Waals surface area (Å²) in [4.78, 5) is 23.5. The first kappa shape index (κ1) is 19.6. The summed E-state index contributed by atoms with van der Waals surface area (Å²) in [6.45, 7) is 4.84. The Morgan fingerprint density at radius 2 is 1.81 bits per heavy atom. The highest BCUT2D eigenvalue weighted by Crippen LogP contribution is 2.32. The lowest BCUT2D eigenvalue weighted by molar-refractivity contribution is -0.137. The quantitative estimate of drug-likeness (QED) is 0.826. The van der Waals surface area contributed by atoms with Gasteiger partial charge in [-0.05, 0) is 45.0 Å². The van der Waals surface area contributed by atoms with Crippen molar-refractivity contribution in [3.05, 3.63) is 47.7 Å². The summed E-state index contributed by atoms with van der Waals surface area (Å²) < 4.78 is 48.4. The van der Waals surface area contributed by atoms with Gasteiger partial charge in [-0.2, -0.15) is 13.2 Å². The summed E-state index contributed by atoms with van der Waals surface area (Å²) in [7, 11) is 0. The molecular weight excluding hydrogens is 351 g/mol. The van der Waals surface area contributed by atoms with Crippen LogP contribution in [0, 0.1) is 0 Å².